The minimum Gasteiger partial charge on any atom is -0.394 e. The van der Waals surface area contributed by atoms with Crippen LogP contribution in [-0.4, -0.2) is 120 Å². The molecule has 0 radical (unpaired) electrons. The molecule has 176 valence electrons. The molecule has 6 unspecified atom stereocenters. The quantitative estimate of drug-likeness (QED) is 0.175. The molecule has 0 aliphatic carbocycles. The molecule has 0 aromatic heterocycles. The summed E-state index contributed by atoms with van der Waals surface area (Å²) in [6.07, 6.45) is -4.92. The van der Waals surface area contributed by atoms with E-state index in [9.17, 15) is 20.4 Å². The summed E-state index contributed by atoms with van der Waals surface area (Å²) in [5.41, 5.74) is 0. The summed E-state index contributed by atoms with van der Waals surface area (Å²) in [5, 5.41) is 47.9. The number of hydrogen-bond donors (Lipinski definition) is 5. The lowest BCUT2D eigenvalue weighted by Crippen LogP contribution is -2.48. The van der Waals surface area contributed by atoms with Crippen molar-refractivity contribution in [3.05, 3.63) is 0 Å². The van der Waals surface area contributed by atoms with Crippen molar-refractivity contribution in [2.75, 3.05) is 39.6 Å². The maximum Gasteiger partial charge on any atom is 0.186 e. The molecule has 3 fully saturated rings. The zero-order valence-corrected chi connectivity index (χ0v) is 17.1. The van der Waals surface area contributed by atoms with Gasteiger partial charge in [0.15, 0.2) is 12.6 Å². The van der Waals surface area contributed by atoms with Gasteiger partial charge >= 0.3 is 0 Å². The van der Waals surface area contributed by atoms with Crippen molar-refractivity contribution in [1.82, 2.24) is 0 Å². The molecular formula is C19H34O11. The van der Waals surface area contributed by atoms with Crippen LogP contribution in [0.3, 0.4) is 0 Å². The monoisotopic (exact) mass is 438 g/mol. The number of epoxide rings is 1. The van der Waals surface area contributed by atoms with Crippen molar-refractivity contribution in [3.8, 4) is 0 Å². The Hall–Kier alpha value is -0.440. The third-order valence-electron chi connectivity index (χ3n) is 5.65. The predicted molar refractivity (Wildman–Crippen MR) is 99.3 cm³/mol. The average Bonchev–Trinajstić information content (AvgIpc) is 3.50. The van der Waals surface area contributed by atoms with Crippen molar-refractivity contribution >= 4 is 0 Å². The molecule has 3 aliphatic heterocycles. The number of ether oxygens (including phenoxy) is 6. The highest BCUT2D eigenvalue weighted by molar-refractivity contribution is 4.90. The van der Waals surface area contributed by atoms with E-state index in [2.05, 4.69) is 0 Å². The number of hydrogen-bond acceptors (Lipinski definition) is 11. The van der Waals surface area contributed by atoms with Crippen LogP contribution in [-0.2, 0) is 28.4 Å². The Morgan fingerprint density at radius 2 is 1.77 bits per heavy atom. The Bertz CT molecular complexity index is 509. The highest BCUT2D eigenvalue weighted by atomic mass is 16.7. The van der Waals surface area contributed by atoms with Gasteiger partial charge in [-0.2, -0.15) is 0 Å². The summed E-state index contributed by atoms with van der Waals surface area (Å²) >= 11 is 0. The van der Waals surface area contributed by atoms with E-state index in [4.69, 9.17) is 33.5 Å². The second kappa shape index (κ2) is 11.4. The molecule has 10 atom stereocenters. The van der Waals surface area contributed by atoms with E-state index in [1.165, 1.54) is 0 Å². The van der Waals surface area contributed by atoms with E-state index < -0.39 is 49.2 Å². The van der Waals surface area contributed by atoms with Gasteiger partial charge in [-0.15, -0.1) is 0 Å². The molecule has 30 heavy (non-hydrogen) atoms. The second-order valence-corrected chi connectivity index (χ2v) is 8.06. The van der Waals surface area contributed by atoms with Crippen LogP contribution in [0.1, 0.15) is 19.8 Å². The molecular weight excluding hydrogens is 404 g/mol. The molecule has 5 N–H and O–H groups in total. The van der Waals surface area contributed by atoms with Crippen LogP contribution in [0.25, 0.3) is 0 Å². The highest BCUT2D eigenvalue weighted by Gasteiger charge is 2.49. The van der Waals surface area contributed by atoms with Crippen LogP contribution in [0.5, 0.6) is 0 Å². The molecule has 11 nitrogen and oxygen atoms in total. The minimum absolute atomic E-state index is 0.0203. The molecule has 0 bridgehead atoms. The summed E-state index contributed by atoms with van der Waals surface area (Å²) in [4.78, 5) is 0. The lowest BCUT2D eigenvalue weighted by atomic mass is 9.94. The van der Waals surface area contributed by atoms with Gasteiger partial charge in [0.1, 0.15) is 24.4 Å². The molecule has 0 aromatic carbocycles. The number of aliphatic hydroxyl groups excluding tert-OH is 5. The first-order valence-corrected chi connectivity index (χ1v) is 10.5. The van der Waals surface area contributed by atoms with Crippen LogP contribution in [0.2, 0.25) is 0 Å². The second-order valence-electron chi connectivity index (χ2n) is 8.06. The van der Waals surface area contributed by atoms with Crippen LogP contribution >= 0.6 is 0 Å². The molecule has 3 rings (SSSR count). The first-order chi connectivity index (χ1) is 14.5. The number of rotatable bonds is 11. The Morgan fingerprint density at radius 1 is 1.00 bits per heavy atom. The van der Waals surface area contributed by atoms with E-state index >= 15 is 0 Å². The highest BCUT2D eigenvalue weighted by Crippen LogP contribution is 2.33. The van der Waals surface area contributed by atoms with Gasteiger partial charge in [-0.05, 0) is 12.3 Å². The maximum atomic E-state index is 10.2. The Morgan fingerprint density at radius 3 is 2.47 bits per heavy atom. The lowest BCUT2D eigenvalue weighted by molar-refractivity contribution is -0.259. The van der Waals surface area contributed by atoms with Gasteiger partial charge in [0.25, 0.3) is 0 Å². The van der Waals surface area contributed by atoms with E-state index in [0.717, 1.165) is 0 Å². The summed E-state index contributed by atoms with van der Waals surface area (Å²) < 4.78 is 33.7. The molecule has 11 heteroatoms. The fraction of sp³-hybridized carbons (Fsp3) is 1.00. The van der Waals surface area contributed by atoms with Crippen molar-refractivity contribution in [1.29, 1.82) is 0 Å². The predicted octanol–water partition coefficient (Wildman–Crippen LogP) is -2.26. The first-order valence-electron chi connectivity index (χ1n) is 10.5. The lowest BCUT2D eigenvalue weighted by Gasteiger charge is -2.37. The van der Waals surface area contributed by atoms with Crippen LogP contribution < -0.4 is 0 Å². The fourth-order valence-electron chi connectivity index (χ4n) is 3.83. The van der Waals surface area contributed by atoms with Crippen molar-refractivity contribution in [2.24, 2.45) is 5.92 Å². The SMILES string of the molecule is C[C@H]1CC(O)[C@@H](OCC2OC2[C@H](OCCO)O[C@H]2CC(O)COC2CO)OC1CO. The summed E-state index contributed by atoms with van der Waals surface area (Å²) in [7, 11) is 0. The molecule has 3 heterocycles. The molecule has 0 saturated carbocycles. The average molecular weight is 438 g/mol. The molecule has 3 aliphatic rings. The molecule has 0 spiro atoms. The maximum absolute atomic E-state index is 10.2. The van der Waals surface area contributed by atoms with Gasteiger partial charge in [0.2, 0.25) is 0 Å². The fourth-order valence-corrected chi connectivity index (χ4v) is 3.83. The minimum atomic E-state index is -0.860. The van der Waals surface area contributed by atoms with Gasteiger partial charge < -0.3 is 54.0 Å². The van der Waals surface area contributed by atoms with Gasteiger partial charge in [-0.25, -0.2) is 0 Å². The van der Waals surface area contributed by atoms with Crippen LogP contribution in [0.15, 0.2) is 0 Å². The third kappa shape index (κ3) is 6.30. The Labute approximate surface area is 175 Å². The zero-order valence-electron chi connectivity index (χ0n) is 17.1. The van der Waals surface area contributed by atoms with Crippen molar-refractivity contribution in [2.45, 2.75) is 75.1 Å². The molecule has 3 saturated heterocycles. The van der Waals surface area contributed by atoms with Crippen LogP contribution in [0.4, 0.5) is 0 Å². The van der Waals surface area contributed by atoms with Gasteiger partial charge in [0.05, 0.1) is 58.0 Å². The summed E-state index contributed by atoms with van der Waals surface area (Å²) in [6.45, 7) is 1.55. The first kappa shape index (κ1) is 24.2. The van der Waals surface area contributed by atoms with E-state index in [1.807, 2.05) is 6.92 Å². The zero-order chi connectivity index (χ0) is 21.7. The van der Waals surface area contributed by atoms with Gasteiger partial charge in [0, 0.05) is 6.42 Å². The van der Waals surface area contributed by atoms with E-state index in [0.29, 0.717) is 6.42 Å². The molecule has 0 amide bonds. The van der Waals surface area contributed by atoms with Gasteiger partial charge in [-0.3, -0.25) is 0 Å². The smallest absolute Gasteiger partial charge is 0.186 e. The number of aliphatic hydroxyl groups is 5. The third-order valence-corrected chi connectivity index (χ3v) is 5.65. The van der Waals surface area contributed by atoms with E-state index in [1.54, 1.807) is 0 Å². The molecule has 0 aromatic rings. The van der Waals surface area contributed by atoms with Crippen molar-refractivity contribution in [3.63, 3.8) is 0 Å². The van der Waals surface area contributed by atoms with Crippen molar-refractivity contribution < 1.29 is 54.0 Å². The van der Waals surface area contributed by atoms with Gasteiger partial charge in [-0.1, -0.05) is 6.92 Å². The Balaban J connectivity index is 1.50. The summed E-state index contributed by atoms with van der Waals surface area (Å²) in [6, 6.07) is 0. The van der Waals surface area contributed by atoms with E-state index in [-0.39, 0.29) is 58.1 Å². The normalized spacial score (nSPS) is 42.8. The Kier molecular flexibility index (Phi) is 9.23. The van der Waals surface area contributed by atoms with Crippen LogP contribution in [0, 0.1) is 5.92 Å². The summed E-state index contributed by atoms with van der Waals surface area (Å²) in [5.74, 6) is 0.0203. The topological polar surface area (TPSA) is 160 Å². The largest absolute Gasteiger partial charge is 0.394 e. The standard InChI is InChI=1S/C19H34O11/c1-10-4-12(24)18(30-14(10)6-21)27-9-16-17(28-16)19(25-3-2-20)29-13-5-11(23)8-26-15(13)7-22/h10-24H,2-9H2,1H3/t10-,11?,12?,13-,14?,15?,16?,17?,18-,19+/m0/s1.